The topological polar surface area (TPSA) is 41.6 Å². The van der Waals surface area contributed by atoms with Crippen molar-refractivity contribution in [3.63, 3.8) is 0 Å². The highest BCUT2D eigenvalue weighted by Gasteiger charge is 2.37. The minimum absolute atomic E-state index is 0.265. The van der Waals surface area contributed by atoms with E-state index in [2.05, 4.69) is 4.98 Å². The van der Waals surface area contributed by atoms with E-state index in [1.54, 1.807) is 18.2 Å². The van der Waals surface area contributed by atoms with Gasteiger partial charge in [0.1, 0.15) is 6.54 Å². The Bertz CT molecular complexity index is 647. The van der Waals surface area contributed by atoms with Crippen molar-refractivity contribution < 1.29 is 13.2 Å². The van der Waals surface area contributed by atoms with Crippen LogP contribution >= 0.6 is 0 Å². The number of rotatable bonds is 1. The summed E-state index contributed by atoms with van der Waals surface area (Å²) < 4.78 is 39.4. The maximum atomic E-state index is 12.8. The predicted molar refractivity (Wildman–Crippen MR) is 59.8 cm³/mol. The van der Waals surface area contributed by atoms with E-state index in [4.69, 9.17) is 5.26 Å². The van der Waals surface area contributed by atoms with Crippen molar-refractivity contribution in [2.24, 2.45) is 0 Å². The van der Waals surface area contributed by atoms with Gasteiger partial charge in [0.25, 0.3) is 0 Å². The van der Waals surface area contributed by atoms with Gasteiger partial charge >= 0.3 is 6.18 Å². The van der Waals surface area contributed by atoms with E-state index in [9.17, 15) is 13.2 Å². The van der Waals surface area contributed by atoms with Crippen molar-refractivity contribution in [1.82, 2.24) is 9.55 Å². The molecule has 0 saturated carbocycles. The van der Waals surface area contributed by atoms with Crippen molar-refractivity contribution in [2.45, 2.75) is 26.6 Å². The van der Waals surface area contributed by atoms with Crippen LogP contribution in [0.15, 0.2) is 12.1 Å². The Balaban J connectivity index is 2.80. The molecule has 1 heterocycles. The van der Waals surface area contributed by atoms with Gasteiger partial charge in [-0.25, -0.2) is 4.98 Å². The molecule has 0 fully saturated rings. The second-order valence-electron chi connectivity index (χ2n) is 4.10. The molecule has 94 valence electrons. The molecule has 0 aliphatic heterocycles. The van der Waals surface area contributed by atoms with E-state index in [0.717, 1.165) is 15.7 Å². The molecule has 1 aromatic carbocycles. The first-order valence-electron chi connectivity index (χ1n) is 5.26. The monoisotopic (exact) mass is 253 g/mol. The fraction of sp³-hybridized carbons (Fsp3) is 0.333. The van der Waals surface area contributed by atoms with E-state index >= 15 is 0 Å². The zero-order valence-corrected chi connectivity index (χ0v) is 9.84. The number of hydrogen-bond donors (Lipinski definition) is 0. The third-order valence-electron chi connectivity index (χ3n) is 2.85. The largest absolute Gasteiger partial charge is 0.449 e. The molecule has 1 aromatic heterocycles. The van der Waals surface area contributed by atoms with E-state index in [1.807, 2.05) is 13.8 Å². The lowest BCUT2D eigenvalue weighted by Crippen LogP contribution is -2.14. The zero-order valence-electron chi connectivity index (χ0n) is 9.84. The molecule has 0 saturated heterocycles. The summed E-state index contributed by atoms with van der Waals surface area (Å²) >= 11 is 0. The number of benzene rings is 1. The summed E-state index contributed by atoms with van der Waals surface area (Å²) in [5.74, 6) is -1.02. The lowest BCUT2D eigenvalue weighted by atomic mass is 10.1. The van der Waals surface area contributed by atoms with Crippen molar-refractivity contribution in [2.75, 3.05) is 0 Å². The summed E-state index contributed by atoms with van der Waals surface area (Å²) in [5.41, 5.74) is 2.35. The first-order chi connectivity index (χ1) is 8.34. The quantitative estimate of drug-likeness (QED) is 0.783. The third kappa shape index (κ3) is 1.92. The number of imidazole rings is 1. The Labute approximate surface area is 101 Å². The second-order valence-corrected chi connectivity index (χ2v) is 4.10. The summed E-state index contributed by atoms with van der Waals surface area (Å²) in [7, 11) is 0. The van der Waals surface area contributed by atoms with Gasteiger partial charge in [0.05, 0.1) is 17.1 Å². The van der Waals surface area contributed by atoms with Crippen LogP contribution in [-0.2, 0) is 12.7 Å². The molecule has 0 bridgehead atoms. The number of halogens is 3. The first kappa shape index (κ1) is 12.4. The van der Waals surface area contributed by atoms with Crippen LogP contribution in [-0.4, -0.2) is 9.55 Å². The van der Waals surface area contributed by atoms with Crippen LogP contribution in [0, 0.1) is 25.2 Å². The fourth-order valence-electron chi connectivity index (χ4n) is 1.83. The Hall–Kier alpha value is -2.03. The minimum Gasteiger partial charge on any atom is -0.306 e. The van der Waals surface area contributed by atoms with E-state index in [0.29, 0.717) is 5.52 Å². The highest BCUT2D eigenvalue weighted by atomic mass is 19.4. The van der Waals surface area contributed by atoms with Gasteiger partial charge in [-0.3, -0.25) is 0 Å². The molecule has 0 atom stereocenters. The normalized spacial score (nSPS) is 11.8. The molecule has 6 heteroatoms. The van der Waals surface area contributed by atoms with Gasteiger partial charge in [-0.1, -0.05) is 0 Å². The number of nitrogens with zero attached hydrogens (tertiary/aromatic N) is 3. The number of nitriles is 1. The summed E-state index contributed by atoms with van der Waals surface area (Å²) in [6.07, 6.45) is -4.56. The fourth-order valence-corrected chi connectivity index (χ4v) is 1.83. The molecule has 0 aliphatic carbocycles. The van der Waals surface area contributed by atoms with Crippen LogP contribution in [0.25, 0.3) is 11.0 Å². The molecule has 2 rings (SSSR count). The highest BCUT2D eigenvalue weighted by Crippen LogP contribution is 2.32. The average Bonchev–Trinajstić information content (AvgIpc) is 2.58. The molecule has 18 heavy (non-hydrogen) atoms. The molecule has 0 radical (unpaired) electrons. The molecule has 0 amide bonds. The van der Waals surface area contributed by atoms with Gasteiger partial charge in [-0.2, -0.15) is 18.4 Å². The van der Waals surface area contributed by atoms with Gasteiger partial charge in [0.2, 0.25) is 5.82 Å². The van der Waals surface area contributed by atoms with Crippen LogP contribution < -0.4 is 0 Å². The first-order valence-corrected chi connectivity index (χ1v) is 5.26. The summed E-state index contributed by atoms with van der Waals surface area (Å²) in [5, 5.41) is 8.65. The SMILES string of the molecule is Cc1cc2nc(C(F)(F)F)n(CC#N)c2cc1C. The minimum atomic E-state index is -4.56. The molecule has 0 spiro atoms. The van der Waals surface area contributed by atoms with Gasteiger partial charge in [-0.15, -0.1) is 0 Å². The summed E-state index contributed by atoms with van der Waals surface area (Å²) in [4.78, 5) is 3.59. The maximum Gasteiger partial charge on any atom is 0.449 e. The van der Waals surface area contributed by atoms with E-state index in [1.165, 1.54) is 0 Å². The molecular formula is C12H10F3N3. The average molecular weight is 253 g/mol. The van der Waals surface area contributed by atoms with Gasteiger partial charge < -0.3 is 4.57 Å². The third-order valence-corrected chi connectivity index (χ3v) is 2.85. The zero-order chi connectivity index (χ0) is 13.5. The smallest absolute Gasteiger partial charge is 0.306 e. The summed E-state index contributed by atoms with van der Waals surface area (Å²) in [6, 6.07) is 4.97. The lowest BCUT2D eigenvalue weighted by molar-refractivity contribution is -0.146. The Morgan fingerprint density at radius 3 is 2.44 bits per heavy atom. The molecule has 2 aromatic rings. The van der Waals surface area contributed by atoms with Crippen LogP contribution in [0.4, 0.5) is 13.2 Å². The van der Waals surface area contributed by atoms with Gasteiger partial charge in [-0.05, 0) is 37.1 Å². The Morgan fingerprint density at radius 1 is 1.28 bits per heavy atom. The number of fused-ring (bicyclic) bond motifs is 1. The Kier molecular flexibility index (Phi) is 2.77. The van der Waals surface area contributed by atoms with Crippen molar-refractivity contribution in [1.29, 1.82) is 5.26 Å². The second kappa shape index (κ2) is 4.02. The molecule has 0 N–H and O–H groups in total. The van der Waals surface area contributed by atoms with Gasteiger partial charge in [0.15, 0.2) is 0 Å². The molecule has 0 unspecified atom stereocenters. The number of aromatic nitrogens is 2. The van der Waals surface area contributed by atoms with E-state index in [-0.39, 0.29) is 12.1 Å². The number of alkyl halides is 3. The van der Waals surface area contributed by atoms with Gasteiger partial charge in [0, 0.05) is 0 Å². The highest BCUT2D eigenvalue weighted by molar-refractivity contribution is 5.78. The molecular weight excluding hydrogens is 243 g/mol. The van der Waals surface area contributed by atoms with Crippen molar-refractivity contribution in [3.05, 3.63) is 29.1 Å². The Morgan fingerprint density at radius 2 is 1.89 bits per heavy atom. The maximum absolute atomic E-state index is 12.8. The molecule has 0 aliphatic rings. The number of hydrogen-bond acceptors (Lipinski definition) is 2. The number of aryl methyl sites for hydroxylation is 2. The van der Waals surface area contributed by atoms with Crippen LogP contribution in [0.5, 0.6) is 0 Å². The van der Waals surface area contributed by atoms with Crippen LogP contribution in [0.3, 0.4) is 0 Å². The molecule has 3 nitrogen and oxygen atoms in total. The predicted octanol–water partition coefficient (Wildman–Crippen LogP) is 3.20. The van der Waals surface area contributed by atoms with Crippen molar-refractivity contribution in [3.8, 4) is 6.07 Å². The lowest BCUT2D eigenvalue weighted by Gasteiger charge is -2.07. The van der Waals surface area contributed by atoms with Crippen LogP contribution in [0.2, 0.25) is 0 Å². The van der Waals surface area contributed by atoms with E-state index < -0.39 is 12.0 Å². The summed E-state index contributed by atoms with van der Waals surface area (Å²) in [6.45, 7) is 3.25. The van der Waals surface area contributed by atoms with Crippen LogP contribution in [0.1, 0.15) is 17.0 Å². The van der Waals surface area contributed by atoms with Crippen molar-refractivity contribution >= 4 is 11.0 Å². The standard InChI is InChI=1S/C12H10F3N3/c1-7-5-9-10(6-8(7)2)18(4-3-16)11(17-9)12(13,14)15/h5-6H,4H2,1-2H3.